The van der Waals surface area contributed by atoms with E-state index >= 15 is 0 Å². The van der Waals surface area contributed by atoms with E-state index in [0.29, 0.717) is 30.2 Å². The number of carbonyl (C=O) groups excluding carboxylic acids is 1. The summed E-state index contributed by atoms with van der Waals surface area (Å²) in [6, 6.07) is 8.47. The standard InChI is InChI=1S/C32H36F3N9O2Si/c1-47(2,3)13-12-46-21-43-9-7-26-29(38-20-39-31(26)43)23-16-40-44(17-23)24(6-8-36)18-41-10-11-42(19-28(41)30(34)35)32(45)25-5-4-22(15-37)14-27(25)33/h4-5,7,9,14,16-17,20,24,28,30H,6,10-13,18-19,21H2,1-3H3. The Kier molecular flexibility index (Phi) is 10.4. The number of aromatic nitrogens is 5. The van der Waals surface area contributed by atoms with Crippen LogP contribution in [0.3, 0.4) is 0 Å². The third-order valence-corrected chi connectivity index (χ3v) is 9.95. The summed E-state index contributed by atoms with van der Waals surface area (Å²) in [6.45, 7) is 7.87. The fraction of sp³-hybridized carbons (Fsp3) is 0.438. The lowest BCUT2D eigenvalue weighted by molar-refractivity contribution is -0.0244. The monoisotopic (exact) mass is 663 g/mol. The summed E-state index contributed by atoms with van der Waals surface area (Å²) in [6.07, 6.45) is 3.95. The highest BCUT2D eigenvalue weighted by atomic mass is 28.3. The second-order valence-electron chi connectivity index (χ2n) is 12.8. The molecule has 1 amide bonds. The van der Waals surface area contributed by atoms with Crippen molar-refractivity contribution in [3.8, 4) is 23.4 Å². The molecule has 3 aromatic heterocycles. The molecule has 0 spiro atoms. The molecule has 1 aromatic carbocycles. The number of amides is 1. The number of rotatable bonds is 12. The van der Waals surface area contributed by atoms with Gasteiger partial charge in [0.1, 0.15) is 24.5 Å². The van der Waals surface area contributed by atoms with Crippen molar-refractivity contribution >= 4 is 25.0 Å². The maximum absolute atomic E-state index is 14.5. The molecule has 0 saturated carbocycles. The van der Waals surface area contributed by atoms with Crippen LogP contribution in [0, 0.1) is 28.5 Å². The van der Waals surface area contributed by atoms with Crippen LogP contribution in [0.2, 0.25) is 25.7 Å². The number of halogens is 3. The molecule has 11 nitrogen and oxygen atoms in total. The fourth-order valence-electron chi connectivity index (χ4n) is 5.58. The number of ether oxygens (including phenoxy) is 1. The Balaban J connectivity index is 1.30. The summed E-state index contributed by atoms with van der Waals surface area (Å²) in [5, 5.41) is 23.9. The highest BCUT2D eigenvalue weighted by Gasteiger charge is 2.37. The third kappa shape index (κ3) is 7.88. The summed E-state index contributed by atoms with van der Waals surface area (Å²) < 4.78 is 52.6. The highest BCUT2D eigenvalue weighted by molar-refractivity contribution is 6.76. The molecule has 4 heterocycles. The van der Waals surface area contributed by atoms with Gasteiger partial charge in [0.15, 0.2) is 0 Å². The Morgan fingerprint density at radius 2 is 1.98 bits per heavy atom. The van der Waals surface area contributed by atoms with Gasteiger partial charge >= 0.3 is 0 Å². The molecule has 1 aliphatic heterocycles. The van der Waals surface area contributed by atoms with E-state index < -0.39 is 38.3 Å². The quantitative estimate of drug-likeness (QED) is 0.150. The largest absolute Gasteiger partial charge is 0.361 e. The van der Waals surface area contributed by atoms with Gasteiger partial charge in [0, 0.05) is 64.2 Å². The lowest BCUT2D eigenvalue weighted by Gasteiger charge is -2.42. The first kappa shape index (κ1) is 33.8. The molecule has 2 unspecified atom stereocenters. The van der Waals surface area contributed by atoms with Crippen molar-refractivity contribution in [3.05, 3.63) is 66.1 Å². The number of piperazine rings is 1. The van der Waals surface area contributed by atoms with E-state index in [4.69, 9.17) is 10.00 Å². The first-order valence-corrected chi connectivity index (χ1v) is 19.0. The molecule has 246 valence electrons. The van der Waals surface area contributed by atoms with E-state index in [9.17, 15) is 23.2 Å². The molecule has 0 N–H and O–H groups in total. The van der Waals surface area contributed by atoms with E-state index in [1.165, 1.54) is 23.4 Å². The van der Waals surface area contributed by atoms with Crippen LogP contribution >= 0.6 is 0 Å². The Morgan fingerprint density at radius 1 is 1.17 bits per heavy atom. The number of carbonyl (C=O) groups is 1. The van der Waals surface area contributed by atoms with E-state index in [-0.39, 0.29) is 43.7 Å². The predicted octanol–water partition coefficient (Wildman–Crippen LogP) is 5.16. The Bertz CT molecular complexity index is 1810. The zero-order chi connectivity index (χ0) is 33.7. The van der Waals surface area contributed by atoms with Crippen molar-refractivity contribution in [1.29, 1.82) is 10.5 Å². The topological polar surface area (TPSA) is 129 Å². The molecule has 2 atom stereocenters. The van der Waals surface area contributed by atoms with Crippen molar-refractivity contribution in [1.82, 2.24) is 34.1 Å². The van der Waals surface area contributed by atoms with Crippen LogP contribution in [0.25, 0.3) is 22.3 Å². The Morgan fingerprint density at radius 3 is 2.68 bits per heavy atom. The summed E-state index contributed by atoms with van der Waals surface area (Å²) in [4.78, 5) is 24.7. The molecule has 0 bridgehead atoms. The molecule has 0 aliphatic carbocycles. The van der Waals surface area contributed by atoms with Crippen LogP contribution in [0.1, 0.15) is 28.4 Å². The fourth-order valence-corrected chi connectivity index (χ4v) is 6.34. The van der Waals surface area contributed by atoms with Gasteiger partial charge in [0.2, 0.25) is 0 Å². The number of benzene rings is 1. The van der Waals surface area contributed by atoms with Crippen LogP contribution in [0.15, 0.2) is 49.2 Å². The molecular weight excluding hydrogens is 627 g/mol. The van der Waals surface area contributed by atoms with Crippen LogP contribution in [0.4, 0.5) is 13.2 Å². The zero-order valence-electron chi connectivity index (χ0n) is 26.5. The van der Waals surface area contributed by atoms with Crippen molar-refractivity contribution in [2.75, 3.05) is 32.8 Å². The average Bonchev–Trinajstić information content (AvgIpc) is 3.70. The first-order valence-electron chi connectivity index (χ1n) is 15.3. The number of hydrogen-bond acceptors (Lipinski definition) is 8. The zero-order valence-corrected chi connectivity index (χ0v) is 27.5. The maximum Gasteiger partial charge on any atom is 0.256 e. The van der Waals surface area contributed by atoms with Crippen LogP contribution < -0.4 is 0 Å². The van der Waals surface area contributed by atoms with Crippen LogP contribution in [-0.2, 0) is 11.5 Å². The predicted molar refractivity (Wildman–Crippen MR) is 171 cm³/mol. The minimum atomic E-state index is -2.80. The van der Waals surface area contributed by atoms with Gasteiger partial charge < -0.3 is 14.2 Å². The molecule has 0 radical (unpaired) electrons. The lowest BCUT2D eigenvalue weighted by atomic mass is 10.1. The first-order chi connectivity index (χ1) is 22.5. The number of nitrogens with zero attached hydrogens (tertiary/aromatic N) is 9. The van der Waals surface area contributed by atoms with Gasteiger partial charge in [-0.15, -0.1) is 0 Å². The van der Waals surface area contributed by atoms with Crippen molar-refractivity contribution in [2.45, 2.75) is 57.3 Å². The van der Waals surface area contributed by atoms with E-state index in [1.54, 1.807) is 28.0 Å². The maximum atomic E-state index is 14.5. The van der Waals surface area contributed by atoms with Gasteiger partial charge in [0.25, 0.3) is 12.3 Å². The van der Waals surface area contributed by atoms with Gasteiger partial charge in [-0.3, -0.25) is 14.4 Å². The van der Waals surface area contributed by atoms with E-state index in [2.05, 4.69) is 40.8 Å². The highest BCUT2D eigenvalue weighted by Crippen LogP contribution is 2.28. The average molecular weight is 664 g/mol. The lowest BCUT2D eigenvalue weighted by Crippen LogP contribution is -2.58. The van der Waals surface area contributed by atoms with Crippen molar-refractivity contribution in [2.24, 2.45) is 0 Å². The van der Waals surface area contributed by atoms with Crippen molar-refractivity contribution < 1.29 is 22.7 Å². The van der Waals surface area contributed by atoms with Gasteiger partial charge in [-0.05, 0) is 30.3 Å². The molecule has 1 fully saturated rings. The third-order valence-electron chi connectivity index (χ3n) is 8.24. The normalized spacial score (nSPS) is 16.4. The molecule has 1 saturated heterocycles. The number of fused-ring (bicyclic) bond motifs is 1. The van der Waals surface area contributed by atoms with Gasteiger partial charge in [-0.1, -0.05) is 19.6 Å². The van der Waals surface area contributed by atoms with E-state index in [1.807, 2.05) is 16.8 Å². The SMILES string of the molecule is C[Si](C)(C)CCOCn1ccc2c(-c3cnn(C(CC#N)CN4CCN(C(=O)c5ccc(C#N)cc5F)CC4C(F)F)c3)ncnc21. The molecule has 47 heavy (non-hydrogen) atoms. The summed E-state index contributed by atoms with van der Waals surface area (Å²) >= 11 is 0. The summed E-state index contributed by atoms with van der Waals surface area (Å²) in [7, 11) is -1.21. The Hall–Kier alpha value is -4.57. The van der Waals surface area contributed by atoms with Crippen molar-refractivity contribution in [3.63, 3.8) is 0 Å². The molecule has 4 aromatic rings. The minimum absolute atomic E-state index is 0.0109. The van der Waals surface area contributed by atoms with Gasteiger partial charge in [0.05, 0.1) is 53.7 Å². The molecule has 1 aliphatic rings. The van der Waals surface area contributed by atoms with Gasteiger partial charge in [-0.2, -0.15) is 15.6 Å². The summed E-state index contributed by atoms with van der Waals surface area (Å²) in [5.41, 5.74) is 1.81. The smallest absolute Gasteiger partial charge is 0.256 e. The molecule has 15 heteroatoms. The number of nitriles is 2. The van der Waals surface area contributed by atoms with Gasteiger partial charge in [-0.25, -0.2) is 23.1 Å². The van der Waals surface area contributed by atoms with Crippen LogP contribution in [-0.4, -0.2) is 93.3 Å². The van der Waals surface area contributed by atoms with E-state index in [0.717, 1.165) is 17.5 Å². The minimum Gasteiger partial charge on any atom is -0.361 e. The molecule has 5 rings (SSSR count). The number of hydrogen-bond donors (Lipinski definition) is 0. The van der Waals surface area contributed by atoms with Crippen LogP contribution in [0.5, 0.6) is 0 Å². The summed E-state index contributed by atoms with van der Waals surface area (Å²) in [5.74, 6) is -1.59. The number of alkyl halides is 2. The second-order valence-corrected chi connectivity index (χ2v) is 18.4. The molecular formula is C32H36F3N9O2Si. The Labute approximate surface area is 271 Å². The second kappa shape index (κ2) is 14.5.